The highest BCUT2D eigenvalue weighted by Crippen LogP contribution is 2.28. The monoisotopic (exact) mass is 488 g/mol. The summed E-state index contributed by atoms with van der Waals surface area (Å²) in [6, 6.07) is 12.8. The molecule has 1 saturated heterocycles. The minimum atomic E-state index is -0.226. The van der Waals surface area contributed by atoms with Gasteiger partial charge in [-0.2, -0.15) is 5.26 Å². The molecule has 36 heavy (non-hydrogen) atoms. The van der Waals surface area contributed by atoms with Gasteiger partial charge in [0.05, 0.1) is 17.7 Å². The van der Waals surface area contributed by atoms with Crippen LogP contribution in [0.25, 0.3) is 22.6 Å². The SMILES string of the molecule is Cc1cc(C#N)cc2nc(-c3ccc(NC(=O)COC4CCN(C(=O)CC(C)(C)C)CC4)cc3)oc12. The highest BCUT2D eigenvalue weighted by Gasteiger charge is 2.26. The summed E-state index contributed by atoms with van der Waals surface area (Å²) in [4.78, 5) is 31.2. The number of likely N-dealkylation sites (tertiary alicyclic amines) is 1. The minimum absolute atomic E-state index is 0.0234. The highest BCUT2D eigenvalue weighted by molar-refractivity contribution is 5.92. The third kappa shape index (κ3) is 6.29. The smallest absolute Gasteiger partial charge is 0.250 e. The van der Waals surface area contributed by atoms with Crippen molar-refractivity contribution < 1.29 is 18.7 Å². The fraction of sp³-hybridized carbons (Fsp3) is 0.429. The molecule has 0 spiro atoms. The normalized spacial score (nSPS) is 14.6. The van der Waals surface area contributed by atoms with Crippen LogP contribution in [0.3, 0.4) is 0 Å². The van der Waals surface area contributed by atoms with E-state index in [1.807, 2.05) is 24.0 Å². The van der Waals surface area contributed by atoms with Crippen molar-refractivity contribution in [3.8, 4) is 17.5 Å². The number of aromatic nitrogens is 1. The number of amides is 2. The second kappa shape index (κ2) is 10.5. The number of nitriles is 1. The maximum absolute atomic E-state index is 12.4. The molecule has 1 aromatic heterocycles. The van der Waals surface area contributed by atoms with Gasteiger partial charge in [0.25, 0.3) is 0 Å². The van der Waals surface area contributed by atoms with Gasteiger partial charge in [-0.3, -0.25) is 9.59 Å². The third-order valence-electron chi connectivity index (χ3n) is 6.15. The molecule has 0 saturated carbocycles. The van der Waals surface area contributed by atoms with E-state index in [2.05, 4.69) is 37.1 Å². The van der Waals surface area contributed by atoms with Crippen molar-refractivity contribution in [2.45, 2.75) is 53.1 Å². The molecule has 1 N–H and O–H groups in total. The largest absolute Gasteiger partial charge is 0.436 e. The van der Waals surface area contributed by atoms with Crippen molar-refractivity contribution in [2.24, 2.45) is 5.41 Å². The van der Waals surface area contributed by atoms with Crippen LogP contribution in [0, 0.1) is 23.7 Å². The number of anilines is 1. The lowest BCUT2D eigenvalue weighted by atomic mass is 9.91. The van der Waals surface area contributed by atoms with Crippen LogP contribution in [0.2, 0.25) is 0 Å². The van der Waals surface area contributed by atoms with Crippen molar-refractivity contribution in [3.63, 3.8) is 0 Å². The number of hydrogen-bond donors (Lipinski definition) is 1. The zero-order valence-corrected chi connectivity index (χ0v) is 21.3. The maximum Gasteiger partial charge on any atom is 0.250 e. The van der Waals surface area contributed by atoms with Gasteiger partial charge in [-0.15, -0.1) is 0 Å². The predicted octanol–water partition coefficient (Wildman–Crippen LogP) is 5.06. The molecule has 0 atom stereocenters. The van der Waals surface area contributed by atoms with E-state index in [9.17, 15) is 9.59 Å². The van der Waals surface area contributed by atoms with Gasteiger partial charge in [0.1, 0.15) is 12.1 Å². The number of fused-ring (bicyclic) bond motifs is 1. The highest BCUT2D eigenvalue weighted by atomic mass is 16.5. The van der Waals surface area contributed by atoms with E-state index >= 15 is 0 Å². The molecule has 0 bridgehead atoms. The first-order valence-corrected chi connectivity index (χ1v) is 12.2. The molecule has 0 radical (unpaired) electrons. The Hall–Kier alpha value is -3.70. The van der Waals surface area contributed by atoms with E-state index < -0.39 is 0 Å². The zero-order chi connectivity index (χ0) is 25.9. The number of carbonyl (C=O) groups is 2. The molecule has 1 fully saturated rings. The Balaban J connectivity index is 1.26. The fourth-order valence-corrected chi connectivity index (χ4v) is 4.31. The predicted molar refractivity (Wildman–Crippen MR) is 137 cm³/mol. The summed E-state index contributed by atoms with van der Waals surface area (Å²) in [7, 11) is 0. The fourth-order valence-electron chi connectivity index (χ4n) is 4.31. The maximum atomic E-state index is 12.4. The van der Waals surface area contributed by atoms with Gasteiger partial charge in [-0.25, -0.2) is 4.98 Å². The first kappa shape index (κ1) is 25.4. The van der Waals surface area contributed by atoms with Crippen LogP contribution < -0.4 is 5.32 Å². The average molecular weight is 489 g/mol. The van der Waals surface area contributed by atoms with Crippen molar-refractivity contribution in [1.29, 1.82) is 5.26 Å². The number of nitrogens with one attached hydrogen (secondary N) is 1. The molecular weight excluding hydrogens is 456 g/mol. The number of piperidine rings is 1. The number of aryl methyl sites for hydroxylation is 1. The van der Waals surface area contributed by atoms with Crippen LogP contribution in [0.15, 0.2) is 40.8 Å². The Bertz CT molecular complexity index is 1290. The van der Waals surface area contributed by atoms with E-state index in [4.69, 9.17) is 14.4 Å². The zero-order valence-electron chi connectivity index (χ0n) is 21.3. The third-order valence-corrected chi connectivity index (χ3v) is 6.15. The molecule has 2 amide bonds. The van der Waals surface area contributed by atoms with Crippen LogP contribution in [-0.4, -0.2) is 47.5 Å². The van der Waals surface area contributed by atoms with Gasteiger partial charge in [0.15, 0.2) is 5.58 Å². The molecule has 1 aliphatic heterocycles. The number of ether oxygens (including phenoxy) is 1. The number of nitrogens with zero attached hydrogens (tertiary/aromatic N) is 3. The van der Waals surface area contributed by atoms with Gasteiger partial charge < -0.3 is 19.4 Å². The second-order valence-electron chi connectivity index (χ2n) is 10.5. The van der Waals surface area contributed by atoms with Crippen LogP contribution in [-0.2, 0) is 14.3 Å². The number of rotatable bonds is 6. The summed E-state index contributed by atoms with van der Waals surface area (Å²) in [6.07, 6.45) is 1.98. The van der Waals surface area contributed by atoms with Crippen LogP contribution >= 0.6 is 0 Å². The Kier molecular flexibility index (Phi) is 7.41. The van der Waals surface area contributed by atoms with E-state index in [0.717, 1.165) is 24.0 Å². The average Bonchev–Trinajstić information content (AvgIpc) is 3.27. The number of carbonyl (C=O) groups excluding carboxylic acids is 2. The van der Waals surface area contributed by atoms with E-state index in [0.29, 0.717) is 47.8 Å². The Morgan fingerprint density at radius 3 is 2.53 bits per heavy atom. The van der Waals surface area contributed by atoms with Gasteiger partial charge in [-0.05, 0) is 67.1 Å². The summed E-state index contributed by atoms with van der Waals surface area (Å²) in [5, 5.41) is 12.0. The van der Waals surface area contributed by atoms with Crippen LogP contribution in [0.5, 0.6) is 0 Å². The minimum Gasteiger partial charge on any atom is -0.436 e. The van der Waals surface area contributed by atoms with Crippen molar-refractivity contribution in [1.82, 2.24) is 9.88 Å². The Morgan fingerprint density at radius 2 is 1.89 bits per heavy atom. The molecular formula is C28H32N4O4. The molecule has 3 aromatic rings. The molecule has 8 nitrogen and oxygen atoms in total. The Labute approximate surface area is 211 Å². The lowest BCUT2D eigenvalue weighted by Crippen LogP contribution is -2.42. The van der Waals surface area contributed by atoms with Gasteiger partial charge in [-0.1, -0.05) is 20.8 Å². The summed E-state index contributed by atoms with van der Waals surface area (Å²) >= 11 is 0. The molecule has 1 aliphatic rings. The van der Waals surface area contributed by atoms with Crippen molar-refractivity contribution >= 4 is 28.6 Å². The Morgan fingerprint density at radius 1 is 1.19 bits per heavy atom. The quantitative estimate of drug-likeness (QED) is 0.520. The molecule has 188 valence electrons. The van der Waals surface area contributed by atoms with Gasteiger partial charge >= 0.3 is 0 Å². The van der Waals surface area contributed by atoms with Crippen LogP contribution in [0.4, 0.5) is 5.69 Å². The standard InChI is InChI=1S/C28H32N4O4/c1-18-13-19(16-29)14-23-26(18)36-27(31-23)20-5-7-21(8-6-20)30-24(33)17-35-22-9-11-32(12-10-22)25(34)15-28(2,3)4/h5-8,13-14,22H,9-12,15,17H2,1-4H3,(H,30,33). The first-order valence-electron chi connectivity index (χ1n) is 12.2. The first-order chi connectivity index (χ1) is 17.1. The van der Waals surface area contributed by atoms with E-state index in [1.165, 1.54) is 0 Å². The van der Waals surface area contributed by atoms with E-state index in [1.54, 1.807) is 24.3 Å². The molecule has 2 aromatic carbocycles. The topological polar surface area (TPSA) is 108 Å². The van der Waals surface area contributed by atoms with Gasteiger partial charge in [0, 0.05) is 30.8 Å². The summed E-state index contributed by atoms with van der Waals surface area (Å²) in [5.74, 6) is 0.411. The number of oxazole rings is 1. The van der Waals surface area contributed by atoms with E-state index in [-0.39, 0.29) is 29.9 Å². The second-order valence-corrected chi connectivity index (χ2v) is 10.5. The molecule has 0 aliphatic carbocycles. The molecule has 8 heteroatoms. The van der Waals surface area contributed by atoms with Crippen molar-refractivity contribution in [2.75, 3.05) is 25.0 Å². The summed E-state index contributed by atoms with van der Waals surface area (Å²) in [6.45, 7) is 9.37. The lowest BCUT2D eigenvalue weighted by molar-refractivity contribution is -0.137. The van der Waals surface area contributed by atoms with Crippen molar-refractivity contribution in [3.05, 3.63) is 47.5 Å². The molecule has 4 rings (SSSR count). The summed E-state index contributed by atoms with van der Waals surface area (Å²) < 4.78 is 11.7. The molecule has 2 heterocycles. The number of hydrogen-bond acceptors (Lipinski definition) is 6. The van der Waals surface area contributed by atoms with Gasteiger partial charge in [0.2, 0.25) is 17.7 Å². The number of benzene rings is 2. The lowest BCUT2D eigenvalue weighted by Gasteiger charge is -2.33. The summed E-state index contributed by atoms with van der Waals surface area (Å²) in [5.41, 5.74) is 4.09. The van der Waals surface area contributed by atoms with Crippen LogP contribution in [0.1, 0.15) is 51.2 Å². The molecule has 0 unspecified atom stereocenters.